The number of pyridine rings is 3. The molecule has 9 rings (SSSR count). The summed E-state index contributed by atoms with van der Waals surface area (Å²) in [6, 6.07) is 26.8. The summed E-state index contributed by atoms with van der Waals surface area (Å²) < 4.78 is 210. The fourth-order valence-electron chi connectivity index (χ4n) is 8.16. The molecule has 0 spiro atoms. The van der Waals surface area contributed by atoms with Crippen molar-refractivity contribution in [3.05, 3.63) is 265 Å². The second kappa shape index (κ2) is 38.8. The predicted molar refractivity (Wildman–Crippen MR) is 340 cm³/mol. The summed E-state index contributed by atoms with van der Waals surface area (Å²) in [4.78, 5) is 12.1. The molecule has 5 aromatic carbocycles. The van der Waals surface area contributed by atoms with Crippen LogP contribution in [0.3, 0.4) is 0 Å². The van der Waals surface area contributed by atoms with Gasteiger partial charge in [-0.2, -0.15) is 10.2 Å². The van der Waals surface area contributed by atoms with Crippen molar-refractivity contribution in [2.75, 3.05) is 0 Å². The molecule has 510 valence electrons. The van der Waals surface area contributed by atoms with Crippen molar-refractivity contribution < 1.29 is 70.2 Å². The highest BCUT2D eigenvalue weighted by atomic mass is 19.2. The summed E-state index contributed by atoms with van der Waals surface area (Å²) >= 11 is 0. The zero-order chi connectivity index (χ0) is 71.8. The van der Waals surface area contributed by atoms with Crippen LogP contribution < -0.4 is 0 Å². The van der Waals surface area contributed by atoms with Gasteiger partial charge in [-0.15, -0.1) is 0 Å². The van der Waals surface area contributed by atoms with E-state index in [1.807, 2.05) is 73.3 Å². The van der Waals surface area contributed by atoms with Crippen LogP contribution in [0, 0.1) is 107 Å². The quantitative estimate of drug-likeness (QED) is 0.0862. The molecule has 4 heterocycles. The topological polar surface area (TPSA) is 64.5 Å². The van der Waals surface area contributed by atoms with E-state index < -0.39 is 144 Å². The van der Waals surface area contributed by atoms with Crippen LogP contribution in [0.4, 0.5) is 70.2 Å². The Morgan fingerprint density at radius 3 is 0.957 bits per heavy atom. The number of fused-ring (bicyclic) bond motifs is 1. The molecule has 0 atom stereocenters. The van der Waals surface area contributed by atoms with Crippen molar-refractivity contribution in [3.8, 4) is 0 Å². The van der Waals surface area contributed by atoms with E-state index >= 15 is 0 Å². The molecule has 0 amide bonds. The van der Waals surface area contributed by atoms with Crippen molar-refractivity contribution in [3.63, 3.8) is 0 Å². The van der Waals surface area contributed by atoms with Gasteiger partial charge in [-0.1, -0.05) is 153 Å². The van der Waals surface area contributed by atoms with Gasteiger partial charge in [0.05, 0.1) is 16.5 Å². The van der Waals surface area contributed by atoms with Crippen molar-refractivity contribution in [2.45, 2.75) is 172 Å². The van der Waals surface area contributed by atoms with Crippen molar-refractivity contribution >= 4 is 10.8 Å². The molecule has 0 unspecified atom stereocenters. The van der Waals surface area contributed by atoms with Gasteiger partial charge in [0.15, 0.2) is 81.4 Å². The number of benzene rings is 5. The van der Waals surface area contributed by atoms with Gasteiger partial charge < -0.3 is 0 Å². The van der Waals surface area contributed by atoms with E-state index in [2.05, 4.69) is 132 Å². The standard InChI is InChI=1S/C13H7F7.C10H10F4.C10H14.C9H7F5.3C8H11N.C7H10N2/c1-3(2)4-7(14)5-6(9(16)8(4)15)11(18)13(20)12(19)10(5)17;1-4(2)6-9(13)7(11)5(3)8(12)10(6)14;1-8(2)10-6-4-9(3)5-7-10;1-3(2)4-5(10)7(12)9(14)8(13)6(4)11;1-7(2)8-3-5-9-6-4-8;1-7(2)8-4-3-5-9-6-8;1-7(2)8-5-3-4-6-9-8;1-6(2)7-4-3-5-8-9-7/h3H,1-2H3;4H,1-3H3;4-8H,1-3H3;3H,1-2H3;3*3-7H,1-2H3;3-6H,1-2H3. The lowest BCUT2D eigenvalue weighted by molar-refractivity contribution is 0.366. The van der Waals surface area contributed by atoms with Crippen LogP contribution in [-0.2, 0) is 0 Å². The van der Waals surface area contributed by atoms with E-state index in [-0.39, 0.29) is 0 Å². The first-order valence-electron chi connectivity index (χ1n) is 30.1. The Labute approximate surface area is 541 Å². The maximum atomic E-state index is 14.0. The zero-order valence-corrected chi connectivity index (χ0v) is 55.9. The summed E-state index contributed by atoms with van der Waals surface area (Å²) in [5, 5.41) is 4.66. The molecule has 9 aromatic rings. The van der Waals surface area contributed by atoms with Crippen LogP contribution in [0.25, 0.3) is 10.8 Å². The second-order valence-electron chi connectivity index (χ2n) is 23.8. The molecule has 0 aliphatic carbocycles. The first-order chi connectivity index (χ1) is 43.9. The Morgan fingerprint density at radius 2 is 0.628 bits per heavy atom. The highest BCUT2D eigenvalue weighted by Crippen LogP contribution is 2.37. The minimum absolute atomic E-state index is 0.485. The van der Waals surface area contributed by atoms with Crippen LogP contribution in [0.1, 0.15) is 214 Å². The Bertz CT molecular complexity index is 3470. The molecule has 0 saturated heterocycles. The van der Waals surface area contributed by atoms with Gasteiger partial charge in [0.25, 0.3) is 0 Å². The van der Waals surface area contributed by atoms with Crippen LogP contribution >= 0.6 is 0 Å². The lowest BCUT2D eigenvalue weighted by Gasteiger charge is -2.14. The summed E-state index contributed by atoms with van der Waals surface area (Å²) in [6.45, 7) is 32.9. The molecule has 0 saturated carbocycles. The van der Waals surface area contributed by atoms with E-state index in [0.29, 0.717) is 29.6 Å². The number of hydrogen-bond acceptors (Lipinski definition) is 5. The smallest absolute Gasteiger partial charge is 0.200 e. The summed E-state index contributed by atoms with van der Waals surface area (Å²) in [7, 11) is 0. The third kappa shape index (κ3) is 23.1. The normalized spacial score (nSPS) is 10.8. The maximum absolute atomic E-state index is 14.0. The molecule has 21 heteroatoms. The van der Waals surface area contributed by atoms with Gasteiger partial charge in [-0.3, -0.25) is 15.0 Å². The molecular formula is C73H81F16N5. The van der Waals surface area contributed by atoms with Crippen LogP contribution in [-0.4, -0.2) is 25.1 Å². The second-order valence-corrected chi connectivity index (χ2v) is 23.8. The third-order valence-electron chi connectivity index (χ3n) is 13.8. The molecule has 0 aliphatic heterocycles. The number of aromatic nitrogens is 5. The Morgan fingerprint density at radius 1 is 0.266 bits per heavy atom. The van der Waals surface area contributed by atoms with Gasteiger partial charge >= 0.3 is 0 Å². The molecule has 0 N–H and O–H groups in total. The Kier molecular flexibility index (Phi) is 33.8. The largest absolute Gasteiger partial charge is 0.265 e. The van der Waals surface area contributed by atoms with Crippen LogP contribution in [0.15, 0.2) is 116 Å². The summed E-state index contributed by atoms with van der Waals surface area (Å²) in [5.41, 5.74) is 4.84. The molecule has 0 fully saturated rings. The zero-order valence-electron chi connectivity index (χ0n) is 55.9. The first-order valence-corrected chi connectivity index (χ1v) is 30.1. The van der Waals surface area contributed by atoms with E-state index in [0.717, 1.165) is 18.3 Å². The highest BCUT2D eigenvalue weighted by molar-refractivity contribution is 5.86. The van der Waals surface area contributed by atoms with Gasteiger partial charge in [0.2, 0.25) is 5.82 Å². The predicted octanol–water partition coefficient (Wildman–Crippen LogP) is 23.5. The minimum Gasteiger partial charge on any atom is -0.265 e. The number of aryl methyl sites for hydroxylation is 1. The highest BCUT2D eigenvalue weighted by Gasteiger charge is 2.32. The van der Waals surface area contributed by atoms with Crippen molar-refractivity contribution in [1.29, 1.82) is 0 Å². The number of nitrogens with zero attached hydrogens (tertiary/aromatic N) is 5. The molecule has 0 bridgehead atoms. The molecule has 0 aliphatic rings. The first kappa shape index (κ1) is 81.9. The van der Waals surface area contributed by atoms with Crippen LogP contribution in [0.5, 0.6) is 0 Å². The molecule has 0 radical (unpaired) electrons. The van der Waals surface area contributed by atoms with Gasteiger partial charge in [-0.25, -0.2) is 70.2 Å². The van der Waals surface area contributed by atoms with E-state index in [1.54, 1.807) is 12.4 Å². The molecule has 5 nitrogen and oxygen atoms in total. The SMILES string of the molecule is CC(C)c1c(F)c(F)c(F)c(F)c1F.CC(C)c1c(F)c(F)c2c(F)c(F)c(F)c(F)c2c1F.CC(C)c1ccccn1.CC(C)c1cccnc1.CC(C)c1cccnn1.CC(C)c1ccncc1.Cc1c(F)c(F)c(C(C)C)c(F)c1F.Cc1ccc(C(C)C)cc1. The molecule has 94 heavy (non-hydrogen) atoms. The van der Waals surface area contributed by atoms with Crippen LogP contribution in [0.2, 0.25) is 0 Å². The number of rotatable bonds is 8. The minimum atomic E-state index is -2.33. The van der Waals surface area contributed by atoms with E-state index in [1.165, 1.54) is 63.8 Å². The fraction of sp³-hybridized carbons (Fsp3) is 0.356. The van der Waals surface area contributed by atoms with Crippen molar-refractivity contribution in [2.24, 2.45) is 0 Å². The van der Waals surface area contributed by atoms with Gasteiger partial charge in [0.1, 0.15) is 5.82 Å². The van der Waals surface area contributed by atoms with E-state index in [4.69, 9.17) is 0 Å². The summed E-state index contributed by atoms with van der Waals surface area (Å²) in [6.07, 6.45) is 10.9. The lowest BCUT2D eigenvalue weighted by Crippen LogP contribution is -2.08. The Balaban J connectivity index is 0.000000373. The van der Waals surface area contributed by atoms with Gasteiger partial charge in [0, 0.05) is 65.1 Å². The Hall–Kier alpha value is -8.23. The molecule has 4 aromatic heterocycles. The average Bonchev–Trinajstić information content (AvgIpc) is 0.743. The number of hydrogen-bond donors (Lipinski definition) is 0. The lowest BCUT2D eigenvalue weighted by atomic mass is 9.96. The third-order valence-corrected chi connectivity index (χ3v) is 13.8. The number of halogens is 16. The van der Waals surface area contributed by atoms with Crippen molar-refractivity contribution in [1.82, 2.24) is 25.1 Å². The molecular weight excluding hydrogens is 1250 g/mol. The summed E-state index contributed by atoms with van der Waals surface area (Å²) in [5.74, 6) is -28.3. The maximum Gasteiger partial charge on any atom is 0.200 e. The van der Waals surface area contributed by atoms with E-state index in [9.17, 15) is 70.2 Å². The average molecular weight is 1330 g/mol. The van der Waals surface area contributed by atoms with Gasteiger partial charge in [-0.05, 0) is 120 Å². The monoisotopic (exact) mass is 1330 g/mol. The fourth-order valence-corrected chi connectivity index (χ4v) is 8.16.